The Kier molecular flexibility index (Phi) is 2.52. The van der Waals surface area contributed by atoms with Crippen molar-refractivity contribution in [2.75, 3.05) is 20.3 Å². The third kappa shape index (κ3) is 1.46. The fraction of sp³-hybridized carbons (Fsp3) is 0.583. The van der Waals surface area contributed by atoms with Gasteiger partial charge in [0.15, 0.2) is 0 Å². The van der Waals surface area contributed by atoms with E-state index in [0.717, 1.165) is 13.2 Å². The highest BCUT2D eigenvalue weighted by Crippen LogP contribution is 2.41. The van der Waals surface area contributed by atoms with Crippen molar-refractivity contribution in [1.82, 2.24) is 10.3 Å². The van der Waals surface area contributed by atoms with E-state index in [0.29, 0.717) is 0 Å². The highest BCUT2D eigenvalue weighted by molar-refractivity contribution is 5.31. The second-order valence-electron chi connectivity index (χ2n) is 4.69. The zero-order chi connectivity index (χ0) is 10.9. The summed E-state index contributed by atoms with van der Waals surface area (Å²) in [7, 11) is 2.00. The summed E-state index contributed by atoms with van der Waals surface area (Å²) >= 11 is 0. The molecule has 0 saturated carbocycles. The Hall–Kier alpha value is -0.930. The summed E-state index contributed by atoms with van der Waals surface area (Å²) in [6, 6.07) is 4.17. The molecule has 1 fully saturated rings. The van der Waals surface area contributed by atoms with Crippen LogP contribution >= 0.6 is 0 Å². The van der Waals surface area contributed by atoms with E-state index in [2.05, 4.69) is 36.3 Å². The van der Waals surface area contributed by atoms with E-state index < -0.39 is 0 Å². The van der Waals surface area contributed by atoms with Crippen LogP contribution in [0.15, 0.2) is 24.5 Å². The highest BCUT2D eigenvalue weighted by atomic mass is 16.5. The maximum absolute atomic E-state index is 5.42. The number of hydrogen-bond donors (Lipinski definition) is 1. The van der Waals surface area contributed by atoms with Crippen LogP contribution in [0.5, 0.6) is 0 Å². The molecule has 0 aromatic carbocycles. The second-order valence-corrected chi connectivity index (χ2v) is 4.69. The van der Waals surface area contributed by atoms with Gasteiger partial charge in [-0.1, -0.05) is 0 Å². The van der Waals surface area contributed by atoms with E-state index in [1.165, 1.54) is 5.56 Å². The van der Waals surface area contributed by atoms with E-state index in [4.69, 9.17) is 4.74 Å². The lowest BCUT2D eigenvalue weighted by molar-refractivity contribution is -0.0991. The van der Waals surface area contributed by atoms with Crippen LogP contribution in [0.2, 0.25) is 0 Å². The minimum absolute atomic E-state index is 0.0343. The van der Waals surface area contributed by atoms with Crippen molar-refractivity contribution in [2.45, 2.75) is 24.8 Å². The molecule has 3 heteroatoms. The SMILES string of the molecule is CNC(C)(C)C1(c2ccncc2)COC1. The molecule has 1 aliphatic heterocycles. The summed E-state index contributed by atoms with van der Waals surface area (Å²) in [6.45, 7) is 6.00. The standard InChI is InChI=1S/C12H18N2O/c1-11(2,13-3)12(8-15-9-12)10-4-6-14-7-5-10/h4-7,13H,8-9H2,1-3H3. The summed E-state index contributed by atoms with van der Waals surface area (Å²) in [5.74, 6) is 0. The summed E-state index contributed by atoms with van der Waals surface area (Å²) in [5, 5.41) is 3.38. The quantitative estimate of drug-likeness (QED) is 0.810. The largest absolute Gasteiger partial charge is 0.379 e. The number of aromatic nitrogens is 1. The third-order valence-electron chi connectivity index (χ3n) is 3.75. The Labute approximate surface area is 90.9 Å². The van der Waals surface area contributed by atoms with Gasteiger partial charge in [-0.05, 0) is 38.6 Å². The molecule has 82 valence electrons. The predicted octanol–water partition coefficient (Wildman–Crippen LogP) is 1.35. The van der Waals surface area contributed by atoms with Gasteiger partial charge in [0.2, 0.25) is 0 Å². The minimum atomic E-state index is 0.0343. The molecule has 1 aromatic heterocycles. The normalized spacial score (nSPS) is 19.7. The predicted molar refractivity (Wildman–Crippen MR) is 59.9 cm³/mol. The van der Waals surface area contributed by atoms with E-state index in [1.54, 1.807) is 0 Å². The first-order valence-corrected chi connectivity index (χ1v) is 5.29. The minimum Gasteiger partial charge on any atom is -0.379 e. The monoisotopic (exact) mass is 206 g/mol. The van der Waals surface area contributed by atoms with Gasteiger partial charge in [0.1, 0.15) is 0 Å². The molecule has 0 bridgehead atoms. The number of rotatable bonds is 3. The molecular weight excluding hydrogens is 188 g/mol. The van der Waals surface area contributed by atoms with Crippen LogP contribution in [0.4, 0.5) is 0 Å². The number of nitrogens with zero attached hydrogens (tertiary/aromatic N) is 1. The average molecular weight is 206 g/mol. The topological polar surface area (TPSA) is 34.2 Å². The fourth-order valence-corrected chi connectivity index (χ4v) is 2.10. The molecule has 0 radical (unpaired) electrons. The van der Waals surface area contributed by atoms with Crippen LogP contribution in [0.3, 0.4) is 0 Å². The molecule has 15 heavy (non-hydrogen) atoms. The molecule has 0 atom stereocenters. The van der Waals surface area contributed by atoms with Crippen LogP contribution in [0.1, 0.15) is 19.4 Å². The van der Waals surface area contributed by atoms with Crippen molar-refractivity contribution in [3.63, 3.8) is 0 Å². The van der Waals surface area contributed by atoms with E-state index in [-0.39, 0.29) is 11.0 Å². The summed E-state index contributed by atoms with van der Waals surface area (Å²) < 4.78 is 5.42. The number of hydrogen-bond acceptors (Lipinski definition) is 3. The molecule has 0 amide bonds. The summed E-state index contributed by atoms with van der Waals surface area (Å²) in [5.41, 5.74) is 1.43. The summed E-state index contributed by atoms with van der Waals surface area (Å²) in [6.07, 6.45) is 3.70. The number of likely N-dealkylation sites (N-methyl/N-ethyl adjacent to an activating group) is 1. The average Bonchev–Trinajstić information content (AvgIpc) is 2.17. The fourth-order valence-electron chi connectivity index (χ4n) is 2.10. The van der Waals surface area contributed by atoms with Crippen molar-refractivity contribution in [2.24, 2.45) is 0 Å². The maximum atomic E-state index is 5.42. The van der Waals surface area contributed by atoms with Crippen molar-refractivity contribution in [1.29, 1.82) is 0 Å². The molecule has 1 aliphatic rings. The van der Waals surface area contributed by atoms with Gasteiger partial charge in [0.25, 0.3) is 0 Å². The Balaban J connectivity index is 2.39. The first-order chi connectivity index (χ1) is 7.12. The van der Waals surface area contributed by atoms with Gasteiger partial charge >= 0.3 is 0 Å². The number of pyridine rings is 1. The zero-order valence-electron chi connectivity index (χ0n) is 9.58. The van der Waals surface area contributed by atoms with Gasteiger partial charge in [-0.2, -0.15) is 0 Å². The van der Waals surface area contributed by atoms with Gasteiger partial charge in [-0.15, -0.1) is 0 Å². The van der Waals surface area contributed by atoms with Crippen molar-refractivity contribution in [3.8, 4) is 0 Å². The van der Waals surface area contributed by atoms with Gasteiger partial charge in [-0.25, -0.2) is 0 Å². The van der Waals surface area contributed by atoms with Gasteiger partial charge in [0.05, 0.1) is 18.6 Å². The van der Waals surface area contributed by atoms with Gasteiger partial charge < -0.3 is 10.1 Å². The lowest BCUT2D eigenvalue weighted by atomic mass is 9.65. The molecule has 3 nitrogen and oxygen atoms in total. The van der Waals surface area contributed by atoms with E-state index in [1.807, 2.05) is 19.4 Å². The first-order valence-electron chi connectivity index (χ1n) is 5.29. The van der Waals surface area contributed by atoms with Crippen molar-refractivity contribution >= 4 is 0 Å². The molecule has 0 aliphatic carbocycles. The van der Waals surface area contributed by atoms with Gasteiger partial charge in [0, 0.05) is 17.9 Å². The smallest absolute Gasteiger partial charge is 0.0603 e. The number of nitrogens with one attached hydrogen (secondary N) is 1. The van der Waals surface area contributed by atoms with E-state index >= 15 is 0 Å². The zero-order valence-corrected chi connectivity index (χ0v) is 9.58. The molecular formula is C12H18N2O. The first kappa shape index (κ1) is 10.6. The Morgan fingerprint density at radius 3 is 2.33 bits per heavy atom. The molecule has 0 unspecified atom stereocenters. The molecule has 1 aromatic rings. The van der Waals surface area contributed by atoms with Crippen LogP contribution in [-0.2, 0) is 10.2 Å². The third-order valence-corrected chi connectivity index (χ3v) is 3.75. The molecule has 1 N–H and O–H groups in total. The van der Waals surface area contributed by atoms with Crippen LogP contribution in [0.25, 0.3) is 0 Å². The van der Waals surface area contributed by atoms with Gasteiger partial charge in [-0.3, -0.25) is 4.98 Å². The summed E-state index contributed by atoms with van der Waals surface area (Å²) in [4.78, 5) is 4.06. The van der Waals surface area contributed by atoms with Crippen LogP contribution < -0.4 is 5.32 Å². The second kappa shape index (κ2) is 3.58. The maximum Gasteiger partial charge on any atom is 0.0603 e. The molecule has 2 heterocycles. The van der Waals surface area contributed by atoms with E-state index in [9.17, 15) is 0 Å². The molecule has 1 saturated heterocycles. The van der Waals surface area contributed by atoms with Crippen molar-refractivity contribution < 1.29 is 4.74 Å². The highest BCUT2D eigenvalue weighted by Gasteiger charge is 2.51. The Morgan fingerprint density at radius 1 is 1.33 bits per heavy atom. The van der Waals surface area contributed by atoms with Crippen LogP contribution in [-0.4, -0.2) is 30.8 Å². The Morgan fingerprint density at radius 2 is 1.93 bits per heavy atom. The molecule has 2 rings (SSSR count). The molecule has 0 spiro atoms. The van der Waals surface area contributed by atoms with Crippen LogP contribution in [0, 0.1) is 0 Å². The lowest BCUT2D eigenvalue weighted by Gasteiger charge is -2.52. The lowest BCUT2D eigenvalue weighted by Crippen LogP contribution is -2.65. The van der Waals surface area contributed by atoms with Crippen molar-refractivity contribution in [3.05, 3.63) is 30.1 Å². The Bertz CT molecular complexity index is 331. The number of ether oxygens (including phenoxy) is 1.